The van der Waals surface area contributed by atoms with Gasteiger partial charge in [0.25, 0.3) is 0 Å². The molecule has 0 bridgehead atoms. The number of phosphoric acid groups is 2. The van der Waals surface area contributed by atoms with Gasteiger partial charge in [-0.05, 0) is 110 Å². The summed E-state index contributed by atoms with van der Waals surface area (Å²) in [6.07, 6.45) is 14.1. The van der Waals surface area contributed by atoms with Crippen LogP contribution in [0.5, 0.6) is 0 Å². The van der Waals surface area contributed by atoms with Crippen molar-refractivity contribution in [3.05, 3.63) is 130 Å². The van der Waals surface area contributed by atoms with Gasteiger partial charge in [0, 0.05) is 164 Å². The Morgan fingerprint density at radius 3 is 0.977 bits per heavy atom. The van der Waals surface area contributed by atoms with E-state index in [2.05, 4.69) is 217 Å². The molecule has 0 aliphatic carbocycles. The van der Waals surface area contributed by atoms with E-state index < -0.39 is 67.4 Å². The van der Waals surface area contributed by atoms with Gasteiger partial charge in [0.05, 0.1) is 35.5 Å². The molecule has 52 nitrogen and oxygen atoms in total. The fourth-order valence-corrected chi connectivity index (χ4v) is 7.24. The minimum absolute atomic E-state index is 0.0145. The van der Waals surface area contributed by atoms with E-state index >= 15 is 0 Å². The van der Waals surface area contributed by atoms with Gasteiger partial charge in [-0.1, -0.05) is 248 Å². The number of carbonyl (C=O) groups excluding carboxylic acids is 4. The zero-order valence-electron chi connectivity index (χ0n) is 82.4. The first kappa shape index (κ1) is 176. The Bertz CT molecular complexity index is 3010. The summed E-state index contributed by atoms with van der Waals surface area (Å²) in [4.78, 5) is 85.7. The molecule has 0 amide bonds. The van der Waals surface area contributed by atoms with Gasteiger partial charge in [-0.3, -0.25) is 37.3 Å². The number of hydrogen-bond donors (Lipinski definition) is 9. The summed E-state index contributed by atoms with van der Waals surface area (Å²) in [5.41, 5.74) is 64.9. The van der Waals surface area contributed by atoms with Crippen LogP contribution in [0.15, 0.2) is 76.4 Å². The molecule has 1 aliphatic rings. The summed E-state index contributed by atoms with van der Waals surface area (Å²) in [5, 5.41) is 85.7. The van der Waals surface area contributed by atoms with Crippen LogP contribution in [-0.2, 0) is 70.1 Å². The monoisotopic (exact) mass is 1930 g/mol. The molecule has 56 heteroatoms. The number of benzene rings is 1. The Labute approximate surface area is 769 Å². The van der Waals surface area contributed by atoms with Crippen LogP contribution in [0.3, 0.4) is 0 Å². The standard InChI is InChI=1S/C23H25NO5S2.C8H16N3O6P.C6H12N3O6P.7C3H8.7CH3N3.7CH4O/c1-4-12-27-19(25)10-11-22(2,16-24)15-23(3,21(26)29-14-18-13-28-18)31-20(30)17-8-6-5-7-9-17;1-8(2,10-11-9)7(12)16-5-6-17-18(13,14-3)15-4;1-6(2,8-9-7)5(10)14-3-4-15-16(11,12)13;7*1-3-2;7*1-3-4-2;7*1-2/h1,5-9,18H,10-15H2,2-3H3;5-6H2,1-4H3;3-4H2,1-2H3,(H2,11,12,13);7*3H2,1-2H3;7*1H3;7*2H,1H3. The molecule has 0 aromatic heterocycles. The second kappa shape index (κ2) is 161. The largest absolute Gasteiger partial charge is 0.474 e. The molecule has 752 valence electrons. The van der Waals surface area contributed by atoms with Crippen LogP contribution in [0.2, 0.25) is 0 Å². The molecule has 3 atom stereocenters. The molecular formula is C72H158N28O24P2S2. The van der Waals surface area contributed by atoms with Crippen molar-refractivity contribution in [2.24, 2.45) is 51.4 Å². The lowest BCUT2D eigenvalue weighted by molar-refractivity contribution is -0.150. The summed E-state index contributed by atoms with van der Waals surface area (Å²) in [5.74, 6) is -0.243. The highest BCUT2D eigenvalue weighted by Crippen LogP contribution is 2.47. The molecule has 3 unspecified atom stereocenters. The van der Waals surface area contributed by atoms with Crippen LogP contribution in [0.25, 0.3) is 94.0 Å². The Hall–Kier alpha value is -9.72. The van der Waals surface area contributed by atoms with Crippen LogP contribution in [0.1, 0.15) is 208 Å². The lowest BCUT2D eigenvalue weighted by Crippen LogP contribution is -2.40. The molecule has 0 saturated carbocycles. The third-order valence-corrected chi connectivity index (χ3v) is 12.1. The van der Waals surface area contributed by atoms with Crippen molar-refractivity contribution in [1.82, 2.24) is 0 Å². The number of ether oxygens (including phenoxy) is 5. The van der Waals surface area contributed by atoms with Crippen LogP contribution in [-0.4, -0.2) is 255 Å². The number of epoxide rings is 1. The van der Waals surface area contributed by atoms with Gasteiger partial charge in [-0.15, -0.1) is 6.42 Å². The number of thiocarbonyl (C=S) groups is 1. The first-order valence-electron chi connectivity index (χ1n) is 37.8. The first-order chi connectivity index (χ1) is 60.5. The number of nitriles is 1. The number of phosphoric ester groups is 2. The predicted molar refractivity (Wildman–Crippen MR) is 510 cm³/mol. The van der Waals surface area contributed by atoms with Gasteiger partial charge in [0.2, 0.25) is 0 Å². The van der Waals surface area contributed by atoms with E-state index in [0.717, 1.165) is 55.3 Å². The summed E-state index contributed by atoms with van der Waals surface area (Å²) < 4.78 is 63.7. The Morgan fingerprint density at radius 2 is 0.758 bits per heavy atom. The number of hydrogen-bond acceptors (Lipinski definition) is 34. The minimum Gasteiger partial charge on any atom is -0.463 e. The van der Waals surface area contributed by atoms with E-state index in [1.807, 2.05) is 30.3 Å². The number of aliphatic hydroxyl groups excluding tert-OH is 7. The molecule has 1 aromatic carbocycles. The fraction of sp³-hybridized carbons (Fsp3) is 0.806. The minimum atomic E-state index is -4.55. The number of azide groups is 9. The molecular weight excluding hydrogens is 1770 g/mol. The van der Waals surface area contributed by atoms with Crippen molar-refractivity contribution >= 4 is 67.7 Å². The number of aliphatic hydroxyl groups is 7. The number of nitrogens with zero attached hydrogens (tertiary/aromatic N) is 28. The number of esters is 4. The third-order valence-electron chi connectivity index (χ3n) is 8.56. The summed E-state index contributed by atoms with van der Waals surface area (Å²) in [7, 11) is 10.9. The second-order valence-electron chi connectivity index (χ2n) is 21.5. The van der Waals surface area contributed by atoms with Gasteiger partial charge in [-0.25, -0.2) is 9.13 Å². The van der Waals surface area contributed by atoms with Crippen molar-refractivity contribution in [2.75, 3.05) is 160 Å². The topological polar surface area (TPSA) is 833 Å². The summed E-state index contributed by atoms with van der Waals surface area (Å²) in [6.45, 7) is 38.2. The van der Waals surface area contributed by atoms with Gasteiger partial charge in [-0.2, -0.15) is 5.26 Å². The second-order valence-corrected chi connectivity index (χ2v) is 26.8. The normalized spacial score (nSPS) is 9.82. The van der Waals surface area contributed by atoms with Crippen molar-refractivity contribution in [1.29, 1.82) is 5.26 Å². The molecule has 1 heterocycles. The summed E-state index contributed by atoms with van der Waals surface area (Å²) in [6, 6.07) is 11.6. The van der Waals surface area contributed by atoms with Crippen LogP contribution < -0.4 is 0 Å². The van der Waals surface area contributed by atoms with Gasteiger partial charge in [0.1, 0.15) is 41.7 Å². The first-order valence-corrected chi connectivity index (χ1v) is 42.0. The number of thioether (sulfide) groups is 1. The maximum Gasteiger partial charge on any atom is 0.474 e. The molecule has 128 heavy (non-hydrogen) atoms. The van der Waals surface area contributed by atoms with Crippen molar-refractivity contribution < 1.29 is 116 Å². The molecule has 0 spiro atoms. The van der Waals surface area contributed by atoms with E-state index in [9.17, 15) is 33.6 Å². The van der Waals surface area contributed by atoms with E-state index in [4.69, 9.17) is 137 Å². The highest BCUT2D eigenvalue weighted by atomic mass is 32.2. The Balaban J connectivity index is -0.0000000506. The maximum atomic E-state index is 13.1. The SMILES string of the molecule is C#CCOC(=O)CCC(C)(C#N)CC(C)(SC(=S)c1ccccc1)C(=O)OCC1CO1.CC(C)(N=[N+]=[N-])C(=O)OCCOP(=O)(O)O.CCC.CCC.CCC.CCC.CCC.CCC.CCC.CN=[N+]=[N-].CN=[N+]=[N-].CN=[N+]=[N-].CN=[N+]=[N-].CN=[N+]=[N-].CN=[N+]=[N-].CN=[N+]=[N-].CO.CO.CO.CO.CO.CO.CO.COP(=O)(OC)OCCOC(=O)C(C)(C)N=[N+]=[N-]. The van der Waals surface area contributed by atoms with E-state index in [0.29, 0.717) is 10.8 Å². The highest BCUT2D eigenvalue weighted by molar-refractivity contribution is 8.25. The molecule has 9 N–H and O–H groups in total. The van der Waals surface area contributed by atoms with Crippen molar-refractivity contribution in [3.8, 4) is 18.4 Å². The van der Waals surface area contributed by atoms with Gasteiger partial charge in [0.15, 0.2) is 6.61 Å². The smallest absolute Gasteiger partial charge is 0.463 e. The third kappa shape index (κ3) is 194. The van der Waals surface area contributed by atoms with Crippen molar-refractivity contribution in [3.63, 3.8) is 0 Å². The van der Waals surface area contributed by atoms with E-state index in [1.165, 1.54) is 148 Å². The fourth-order valence-electron chi connectivity index (χ4n) is 4.39. The lowest BCUT2D eigenvalue weighted by atomic mass is 9.78. The predicted octanol–water partition coefficient (Wildman–Crippen LogP) is 20.1. The lowest BCUT2D eigenvalue weighted by Gasteiger charge is -2.33. The zero-order chi connectivity index (χ0) is 107. The van der Waals surface area contributed by atoms with Crippen LogP contribution in [0, 0.1) is 29.1 Å². The van der Waals surface area contributed by atoms with E-state index in [-0.39, 0.29) is 58.4 Å². The molecule has 1 aliphatic heterocycles. The van der Waals surface area contributed by atoms with Crippen molar-refractivity contribution in [2.45, 2.75) is 225 Å². The molecule has 1 saturated heterocycles. The van der Waals surface area contributed by atoms with Crippen LogP contribution in [0.4, 0.5) is 0 Å². The average molecular weight is 1930 g/mol. The number of rotatable bonds is 25. The molecule has 0 radical (unpaired) electrons. The molecule has 1 fully saturated rings. The Morgan fingerprint density at radius 1 is 0.492 bits per heavy atom. The quantitative estimate of drug-likeness (QED) is 0.00419. The maximum absolute atomic E-state index is 13.1. The van der Waals surface area contributed by atoms with E-state index in [1.54, 1.807) is 13.8 Å². The summed E-state index contributed by atoms with van der Waals surface area (Å²) >= 11 is 6.76. The van der Waals surface area contributed by atoms with Crippen LogP contribution >= 0.6 is 39.6 Å². The van der Waals surface area contributed by atoms with Gasteiger partial charge < -0.3 is 69.2 Å². The number of carbonyl (C=O) groups is 4. The Kier molecular flexibility index (Phi) is 221. The average Bonchev–Trinajstić information content (AvgIpc) is 1.34. The molecule has 2 rings (SSSR count). The number of terminal acetylenes is 1. The highest BCUT2D eigenvalue weighted by Gasteiger charge is 2.45. The molecule has 1 aromatic rings. The zero-order valence-corrected chi connectivity index (χ0v) is 85.9. The van der Waals surface area contributed by atoms with Gasteiger partial charge >= 0.3 is 39.5 Å².